The Morgan fingerprint density at radius 3 is 2.94 bits per heavy atom. The molecule has 8 heteroatoms. The number of hydrogen-bond acceptors (Lipinski definition) is 6. The quantitative estimate of drug-likeness (QED) is 0.423. The van der Waals surface area contributed by atoms with Crippen molar-refractivity contribution >= 4 is 27.6 Å². The Morgan fingerprint density at radius 1 is 1.25 bits per heavy atom. The number of thiazole rings is 1. The third-order valence-corrected chi connectivity index (χ3v) is 6.43. The summed E-state index contributed by atoms with van der Waals surface area (Å²) in [6.45, 7) is 6.97. The monoisotopic (exact) mass is 447 g/mol. The zero-order valence-corrected chi connectivity index (χ0v) is 19.2. The molecule has 4 heterocycles. The van der Waals surface area contributed by atoms with Gasteiger partial charge in [-0.05, 0) is 57.0 Å². The van der Waals surface area contributed by atoms with Gasteiger partial charge in [0, 0.05) is 30.5 Å². The van der Waals surface area contributed by atoms with Crippen molar-refractivity contribution in [3.8, 4) is 22.5 Å². The molecule has 1 saturated heterocycles. The molecule has 7 nitrogen and oxygen atoms in total. The van der Waals surface area contributed by atoms with E-state index in [4.69, 9.17) is 14.8 Å². The third-order valence-electron chi connectivity index (χ3n) is 5.64. The third kappa shape index (κ3) is 3.98. The van der Waals surface area contributed by atoms with E-state index in [1.54, 1.807) is 16.2 Å². The van der Waals surface area contributed by atoms with E-state index in [-0.39, 0.29) is 18.2 Å². The molecule has 1 aliphatic heterocycles. The standard InChI is InChI=1S/C24H25N5O2S/c1-15(2)31-24(30)28-10-9-18(12-28)29-13-19(17-7-8-20-22(11-17)32-14-25-20)23(27-29)21-6-4-5-16(3)26-21/h4-8,11,13-15,18H,9-10,12H2,1-3H3/t18-/m0/s1. The molecule has 0 aliphatic carbocycles. The van der Waals surface area contributed by atoms with Crippen LogP contribution in [-0.4, -0.2) is 49.9 Å². The number of carbonyl (C=O) groups is 1. The topological polar surface area (TPSA) is 73.1 Å². The largest absolute Gasteiger partial charge is 0.447 e. The van der Waals surface area contributed by atoms with E-state index in [2.05, 4.69) is 23.3 Å². The van der Waals surface area contributed by atoms with Gasteiger partial charge in [-0.2, -0.15) is 5.10 Å². The van der Waals surface area contributed by atoms with Gasteiger partial charge in [0.2, 0.25) is 0 Å². The highest BCUT2D eigenvalue weighted by Gasteiger charge is 2.30. The second-order valence-corrected chi connectivity index (χ2v) is 9.28. The lowest BCUT2D eigenvalue weighted by molar-refractivity contribution is 0.0826. The Labute approximate surface area is 190 Å². The van der Waals surface area contributed by atoms with Crippen LogP contribution in [0.5, 0.6) is 0 Å². The first-order chi connectivity index (χ1) is 15.5. The van der Waals surface area contributed by atoms with Crippen LogP contribution in [0.15, 0.2) is 48.1 Å². The summed E-state index contributed by atoms with van der Waals surface area (Å²) in [4.78, 5) is 23.2. The fraction of sp³-hybridized carbons (Fsp3) is 0.333. The molecule has 1 aliphatic rings. The van der Waals surface area contributed by atoms with Crippen molar-refractivity contribution in [1.29, 1.82) is 0 Å². The van der Waals surface area contributed by atoms with Gasteiger partial charge in [-0.15, -0.1) is 11.3 Å². The number of benzene rings is 1. The lowest BCUT2D eigenvalue weighted by Gasteiger charge is -2.18. The van der Waals surface area contributed by atoms with Crippen molar-refractivity contribution in [2.75, 3.05) is 13.1 Å². The van der Waals surface area contributed by atoms with Gasteiger partial charge in [-0.25, -0.2) is 9.78 Å². The molecule has 1 aromatic carbocycles. The number of pyridine rings is 1. The minimum atomic E-state index is -0.258. The summed E-state index contributed by atoms with van der Waals surface area (Å²) < 4.78 is 8.51. The molecule has 164 valence electrons. The maximum Gasteiger partial charge on any atom is 0.410 e. The fourth-order valence-corrected chi connectivity index (χ4v) is 4.79. The van der Waals surface area contributed by atoms with Gasteiger partial charge in [0.25, 0.3) is 0 Å². The second kappa shape index (κ2) is 8.35. The summed E-state index contributed by atoms with van der Waals surface area (Å²) in [6, 6.07) is 12.4. The van der Waals surface area contributed by atoms with Crippen molar-refractivity contribution in [1.82, 2.24) is 24.6 Å². The van der Waals surface area contributed by atoms with E-state index in [1.807, 2.05) is 55.2 Å². The van der Waals surface area contributed by atoms with Gasteiger partial charge in [0.05, 0.1) is 33.6 Å². The van der Waals surface area contributed by atoms with Crippen LogP contribution < -0.4 is 0 Å². The molecular weight excluding hydrogens is 422 g/mol. The average Bonchev–Trinajstić information content (AvgIpc) is 3.51. The molecule has 0 unspecified atom stereocenters. The Bertz CT molecular complexity index is 1280. The van der Waals surface area contributed by atoms with Crippen LogP contribution in [0.2, 0.25) is 0 Å². The summed E-state index contributed by atoms with van der Waals surface area (Å²) >= 11 is 1.63. The lowest BCUT2D eigenvalue weighted by Crippen LogP contribution is -2.31. The van der Waals surface area contributed by atoms with Crippen molar-refractivity contribution in [3.05, 3.63) is 53.8 Å². The number of nitrogens with zero attached hydrogens (tertiary/aromatic N) is 5. The Hall–Kier alpha value is -3.26. The normalized spacial score (nSPS) is 16.2. The molecule has 3 aromatic heterocycles. The summed E-state index contributed by atoms with van der Waals surface area (Å²) in [5.74, 6) is 0. The first-order valence-corrected chi connectivity index (χ1v) is 11.7. The molecule has 4 aromatic rings. The predicted molar refractivity (Wildman–Crippen MR) is 126 cm³/mol. The smallest absolute Gasteiger partial charge is 0.410 e. The number of likely N-dealkylation sites (tertiary alicyclic amines) is 1. The van der Waals surface area contributed by atoms with E-state index < -0.39 is 0 Å². The molecule has 1 amide bonds. The van der Waals surface area contributed by atoms with Crippen LogP contribution >= 0.6 is 11.3 Å². The number of carbonyl (C=O) groups excluding carboxylic acids is 1. The highest BCUT2D eigenvalue weighted by Crippen LogP contribution is 2.35. The molecule has 1 atom stereocenters. The maximum atomic E-state index is 12.3. The Kier molecular flexibility index (Phi) is 5.38. The first kappa shape index (κ1) is 20.6. The summed E-state index contributed by atoms with van der Waals surface area (Å²) in [6.07, 6.45) is 2.54. The van der Waals surface area contributed by atoms with E-state index in [1.165, 1.54) is 0 Å². The summed E-state index contributed by atoms with van der Waals surface area (Å²) in [7, 11) is 0. The molecule has 0 bridgehead atoms. The molecule has 32 heavy (non-hydrogen) atoms. The number of ether oxygens (including phenoxy) is 1. The molecule has 0 N–H and O–H groups in total. The van der Waals surface area contributed by atoms with Gasteiger partial charge < -0.3 is 9.64 Å². The molecule has 1 fully saturated rings. The van der Waals surface area contributed by atoms with Crippen LogP contribution in [0, 0.1) is 6.92 Å². The molecule has 0 radical (unpaired) electrons. The summed E-state index contributed by atoms with van der Waals surface area (Å²) in [5, 5.41) is 4.97. The van der Waals surface area contributed by atoms with E-state index in [0.717, 1.165) is 44.8 Å². The van der Waals surface area contributed by atoms with Gasteiger partial charge in [0.15, 0.2) is 0 Å². The lowest BCUT2D eigenvalue weighted by atomic mass is 10.0. The van der Waals surface area contributed by atoms with Gasteiger partial charge in [0.1, 0.15) is 5.69 Å². The van der Waals surface area contributed by atoms with Crippen LogP contribution in [0.3, 0.4) is 0 Å². The number of amides is 1. The van der Waals surface area contributed by atoms with Crippen LogP contribution in [0.4, 0.5) is 4.79 Å². The number of aryl methyl sites for hydroxylation is 1. The van der Waals surface area contributed by atoms with Gasteiger partial charge in [-0.1, -0.05) is 12.1 Å². The van der Waals surface area contributed by atoms with Crippen molar-refractivity contribution in [2.45, 2.75) is 39.3 Å². The van der Waals surface area contributed by atoms with E-state index in [0.29, 0.717) is 13.1 Å². The number of fused-ring (bicyclic) bond motifs is 1. The zero-order chi connectivity index (χ0) is 22.2. The van der Waals surface area contributed by atoms with E-state index >= 15 is 0 Å². The minimum Gasteiger partial charge on any atom is -0.447 e. The molecule has 5 rings (SSSR count). The number of hydrogen-bond donors (Lipinski definition) is 0. The average molecular weight is 448 g/mol. The van der Waals surface area contributed by atoms with Crippen molar-refractivity contribution in [2.24, 2.45) is 0 Å². The highest BCUT2D eigenvalue weighted by molar-refractivity contribution is 7.16. The number of rotatable bonds is 4. The number of aromatic nitrogens is 4. The molecular formula is C24H25N5O2S. The van der Waals surface area contributed by atoms with Gasteiger partial charge in [-0.3, -0.25) is 9.67 Å². The Balaban J connectivity index is 1.52. The fourth-order valence-electron chi connectivity index (χ4n) is 4.08. The zero-order valence-electron chi connectivity index (χ0n) is 18.4. The predicted octanol–water partition coefficient (Wildman–Crippen LogP) is 5.32. The SMILES string of the molecule is Cc1cccc(-c2nn([C@H]3CCN(C(=O)OC(C)C)C3)cc2-c2ccc3ncsc3c2)n1. The minimum absolute atomic E-state index is 0.0964. The van der Waals surface area contributed by atoms with Crippen LogP contribution in [-0.2, 0) is 4.74 Å². The molecule has 0 saturated carbocycles. The van der Waals surface area contributed by atoms with Crippen LogP contribution in [0.1, 0.15) is 32.0 Å². The Morgan fingerprint density at radius 2 is 2.12 bits per heavy atom. The second-order valence-electron chi connectivity index (χ2n) is 8.39. The van der Waals surface area contributed by atoms with Crippen LogP contribution in [0.25, 0.3) is 32.7 Å². The summed E-state index contributed by atoms with van der Waals surface area (Å²) in [5.41, 5.74) is 7.62. The maximum absolute atomic E-state index is 12.3. The highest BCUT2D eigenvalue weighted by atomic mass is 32.1. The molecule has 0 spiro atoms. The first-order valence-electron chi connectivity index (χ1n) is 10.8. The van der Waals surface area contributed by atoms with Crippen molar-refractivity contribution < 1.29 is 9.53 Å². The van der Waals surface area contributed by atoms with Gasteiger partial charge >= 0.3 is 6.09 Å². The van der Waals surface area contributed by atoms with Crippen molar-refractivity contribution in [3.63, 3.8) is 0 Å². The van der Waals surface area contributed by atoms with E-state index in [9.17, 15) is 4.79 Å².